The first-order valence-corrected chi connectivity index (χ1v) is 4.75. The lowest BCUT2D eigenvalue weighted by Crippen LogP contribution is -2.28. The van der Waals surface area contributed by atoms with Gasteiger partial charge in [-0.25, -0.2) is 9.59 Å². The van der Waals surface area contributed by atoms with E-state index in [9.17, 15) is 9.59 Å². The van der Waals surface area contributed by atoms with Crippen LogP contribution >= 0.6 is 0 Å². The SMILES string of the molecule is COC1=CC(=O)OC1n1ccc(OC)nc1=O. The number of methoxy groups -OCH3 is 2. The summed E-state index contributed by atoms with van der Waals surface area (Å²) in [5, 5.41) is 0. The molecule has 1 unspecified atom stereocenters. The third kappa shape index (κ3) is 1.99. The van der Waals surface area contributed by atoms with Crippen LogP contribution in [0.3, 0.4) is 0 Å². The number of nitrogens with zero attached hydrogens (tertiary/aromatic N) is 2. The molecule has 0 bridgehead atoms. The molecule has 0 fully saturated rings. The summed E-state index contributed by atoms with van der Waals surface area (Å²) in [4.78, 5) is 26.4. The number of carbonyl (C=O) groups is 1. The van der Waals surface area contributed by atoms with Crippen LogP contribution in [0.25, 0.3) is 0 Å². The first-order chi connectivity index (χ1) is 8.15. The van der Waals surface area contributed by atoms with Gasteiger partial charge in [-0.2, -0.15) is 4.98 Å². The van der Waals surface area contributed by atoms with Gasteiger partial charge >= 0.3 is 11.7 Å². The number of hydrogen-bond donors (Lipinski definition) is 0. The fourth-order valence-corrected chi connectivity index (χ4v) is 1.43. The maximum atomic E-state index is 11.7. The lowest BCUT2D eigenvalue weighted by atomic mass is 10.4. The van der Waals surface area contributed by atoms with Gasteiger partial charge in [0.1, 0.15) is 0 Å². The van der Waals surface area contributed by atoms with Gasteiger partial charge in [0.05, 0.1) is 20.3 Å². The van der Waals surface area contributed by atoms with Gasteiger partial charge in [0.25, 0.3) is 0 Å². The zero-order chi connectivity index (χ0) is 12.4. The van der Waals surface area contributed by atoms with Crippen molar-refractivity contribution in [3.8, 4) is 5.88 Å². The van der Waals surface area contributed by atoms with Crippen LogP contribution in [0.15, 0.2) is 28.9 Å². The van der Waals surface area contributed by atoms with Crippen molar-refractivity contribution in [2.45, 2.75) is 6.23 Å². The topological polar surface area (TPSA) is 79.7 Å². The van der Waals surface area contributed by atoms with Crippen LogP contribution in [-0.2, 0) is 14.3 Å². The molecular formula is C10H10N2O5. The predicted molar refractivity (Wildman–Crippen MR) is 55.3 cm³/mol. The first-order valence-electron chi connectivity index (χ1n) is 4.75. The standard InChI is InChI=1S/C10H10N2O5/c1-15-6-5-8(13)17-9(6)12-4-3-7(16-2)11-10(12)14/h3-5,9H,1-2H3. The average Bonchev–Trinajstić information content (AvgIpc) is 2.70. The molecule has 2 heterocycles. The molecule has 1 aromatic rings. The molecule has 2 rings (SSSR count). The highest BCUT2D eigenvalue weighted by molar-refractivity contribution is 5.85. The Kier molecular flexibility index (Phi) is 2.82. The van der Waals surface area contributed by atoms with E-state index in [0.29, 0.717) is 0 Å². The van der Waals surface area contributed by atoms with Crippen LogP contribution in [0, 0.1) is 0 Å². The molecule has 1 aliphatic rings. The summed E-state index contributed by atoms with van der Waals surface area (Å²) in [5.41, 5.74) is -0.591. The Balaban J connectivity index is 2.39. The van der Waals surface area contributed by atoms with Crippen LogP contribution in [0.1, 0.15) is 6.23 Å². The van der Waals surface area contributed by atoms with Crippen molar-refractivity contribution >= 4 is 5.97 Å². The fourth-order valence-electron chi connectivity index (χ4n) is 1.43. The molecule has 0 aliphatic carbocycles. The minimum atomic E-state index is -0.904. The number of rotatable bonds is 3. The summed E-state index contributed by atoms with van der Waals surface area (Å²) in [7, 11) is 2.80. The van der Waals surface area contributed by atoms with Crippen molar-refractivity contribution in [3.05, 3.63) is 34.6 Å². The number of esters is 1. The van der Waals surface area contributed by atoms with Crippen molar-refractivity contribution in [1.82, 2.24) is 9.55 Å². The molecule has 7 heteroatoms. The Morgan fingerprint density at radius 2 is 2.12 bits per heavy atom. The van der Waals surface area contributed by atoms with E-state index in [1.54, 1.807) is 0 Å². The van der Waals surface area contributed by atoms with E-state index in [0.717, 1.165) is 4.57 Å². The molecule has 17 heavy (non-hydrogen) atoms. The van der Waals surface area contributed by atoms with E-state index in [-0.39, 0.29) is 11.6 Å². The van der Waals surface area contributed by atoms with Gasteiger partial charge in [0.15, 0.2) is 5.76 Å². The molecule has 7 nitrogen and oxygen atoms in total. The third-order valence-electron chi connectivity index (χ3n) is 2.23. The van der Waals surface area contributed by atoms with Gasteiger partial charge in [-0.15, -0.1) is 0 Å². The van der Waals surface area contributed by atoms with E-state index < -0.39 is 17.9 Å². The van der Waals surface area contributed by atoms with E-state index in [1.165, 1.54) is 32.6 Å². The predicted octanol–water partition coefficient (Wildman–Crippen LogP) is -0.162. The zero-order valence-corrected chi connectivity index (χ0v) is 9.25. The van der Waals surface area contributed by atoms with E-state index >= 15 is 0 Å². The molecule has 1 atom stereocenters. The number of ether oxygens (including phenoxy) is 3. The highest BCUT2D eigenvalue weighted by Crippen LogP contribution is 2.24. The van der Waals surface area contributed by atoms with Crippen molar-refractivity contribution in [1.29, 1.82) is 0 Å². The van der Waals surface area contributed by atoms with Gasteiger partial charge in [-0.1, -0.05) is 0 Å². The first kappa shape index (κ1) is 11.2. The molecule has 1 aliphatic heterocycles. The van der Waals surface area contributed by atoms with Crippen molar-refractivity contribution in [2.24, 2.45) is 0 Å². The lowest BCUT2D eigenvalue weighted by molar-refractivity contribution is -0.143. The quantitative estimate of drug-likeness (QED) is 0.680. The summed E-state index contributed by atoms with van der Waals surface area (Å²) < 4.78 is 15.8. The monoisotopic (exact) mass is 238 g/mol. The molecule has 0 aromatic carbocycles. The molecule has 90 valence electrons. The second-order valence-corrected chi connectivity index (χ2v) is 3.20. The Morgan fingerprint density at radius 1 is 1.35 bits per heavy atom. The summed E-state index contributed by atoms with van der Waals surface area (Å²) in [5.74, 6) is -0.114. The Morgan fingerprint density at radius 3 is 2.71 bits per heavy atom. The highest BCUT2D eigenvalue weighted by atomic mass is 16.6. The molecular weight excluding hydrogens is 228 g/mol. The number of cyclic esters (lactones) is 1. The molecule has 0 radical (unpaired) electrons. The smallest absolute Gasteiger partial charge is 0.354 e. The molecule has 0 spiro atoms. The van der Waals surface area contributed by atoms with Gasteiger partial charge in [-0.3, -0.25) is 4.57 Å². The van der Waals surface area contributed by atoms with Crippen LogP contribution in [0.4, 0.5) is 0 Å². The van der Waals surface area contributed by atoms with Gasteiger partial charge in [0.2, 0.25) is 12.1 Å². The van der Waals surface area contributed by atoms with E-state index in [2.05, 4.69) is 4.98 Å². The summed E-state index contributed by atoms with van der Waals surface area (Å²) in [6.07, 6.45) is 1.70. The van der Waals surface area contributed by atoms with Crippen molar-refractivity contribution < 1.29 is 19.0 Å². The minimum absolute atomic E-state index is 0.193. The molecule has 0 saturated heterocycles. The second kappa shape index (κ2) is 4.28. The number of hydrogen-bond acceptors (Lipinski definition) is 6. The highest BCUT2D eigenvalue weighted by Gasteiger charge is 2.29. The van der Waals surface area contributed by atoms with Gasteiger partial charge in [0, 0.05) is 12.3 Å². The molecule has 1 aromatic heterocycles. The Bertz CT molecular complexity index is 534. The number of carbonyl (C=O) groups excluding carboxylic acids is 1. The van der Waals surface area contributed by atoms with Gasteiger partial charge < -0.3 is 14.2 Å². The zero-order valence-electron chi connectivity index (χ0n) is 9.25. The third-order valence-corrected chi connectivity index (χ3v) is 2.23. The van der Waals surface area contributed by atoms with Crippen molar-refractivity contribution in [3.63, 3.8) is 0 Å². The Labute approximate surface area is 96.2 Å². The minimum Gasteiger partial charge on any atom is -0.495 e. The number of aromatic nitrogens is 2. The summed E-state index contributed by atoms with van der Waals surface area (Å²) >= 11 is 0. The largest absolute Gasteiger partial charge is 0.495 e. The van der Waals surface area contributed by atoms with Crippen LogP contribution in [0.2, 0.25) is 0 Å². The second-order valence-electron chi connectivity index (χ2n) is 3.20. The summed E-state index contributed by atoms with van der Waals surface area (Å²) in [6, 6.07) is 1.49. The molecule has 0 saturated carbocycles. The van der Waals surface area contributed by atoms with E-state index in [1.807, 2.05) is 0 Å². The Hall–Kier alpha value is -2.31. The van der Waals surface area contributed by atoms with E-state index in [4.69, 9.17) is 14.2 Å². The van der Waals surface area contributed by atoms with Gasteiger partial charge in [-0.05, 0) is 0 Å². The van der Waals surface area contributed by atoms with Crippen molar-refractivity contribution in [2.75, 3.05) is 14.2 Å². The van der Waals surface area contributed by atoms with Crippen LogP contribution < -0.4 is 10.4 Å². The molecule has 0 N–H and O–H groups in total. The van der Waals surface area contributed by atoms with Crippen LogP contribution in [0.5, 0.6) is 5.88 Å². The summed E-state index contributed by atoms with van der Waals surface area (Å²) in [6.45, 7) is 0. The maximum absolute atomic E-state index is 11.7. The lowest BCUT2D eigenvalue weighted by Gasteiger charge is -2.15. The maximum Gasteiger partial charge on any atom is 0.354 e. The molecule has 0 amide bonds. The average molecular weight is 238 g/mol. The fraction of sp³-hybridized carbons (Fsp3) is 0.300. The van der Waals surface area contributed by atoms with Crippen LogP contribution in [-0.4, -0.2) is 29.7 Å². The normalized spacial score (nSPS) is 18.6.